The maximum atomic E-state index is 10.1. The molecule has 4 nitrogen and oxygen atoms in total. The molecular formula is C13H28N2O2. The van der Waals surface area contributed by atoms with E-state index in [1.807, 2.05) is 0 Å². The number of morpholine rings is 1. The van der Waals surface area contributed by atoms with E-state index >= 15 is 0 Å². The fraction of sp³-hybridized carbons (Fsp3) is 1.00. The number of ether oxygens (including phenoxy) is 1. The summed E-state index contributed by atoms with van der Waals surface area (Å²) < 4.78 is 5.47. The summed E-state index contributed by atoms with van der Waals surface area (Å²) in [7, 11) is 0. The molecule has 1 aliphatic rings. The molecule has 0 spiro atoms. The summed E-state index contributed by atoms with van der Waals surface area (Å²) in [6.45, 7) is 14.4. The first-order valence-corrected chi connectivity index (χ1v) is 6.47. The minimum Gasteiger partial charge on any atom is -0.390 e. The van der Waals surface area contributed by atoms with Crippen LogP contribution >= 0.6 is 0 Å². The molecular weight excluding hydrogens is 216 g/mol. The van der Waals surface area contributed by atoms with E-state index in [9.17, 15) is 5.11 Å². The van der Waals surface area contributed by atoms with Gasteiger partial charge in [0.05, 0.1) is 19.3 Å². The predicted molar refractivity (Wildman–Crippen MR) is 70.2 cm³/mol. The summed E-state index contributed by atoms with van der Waals surface area (Å²) in [6.07, 6.45) is -0.327. The molecule has 1 saturated heterocycles. The topological polar surface area (TPSA) is 44.7 Å². The van der Waals surface area contributed by atoms with E-state index in [0.717, 1.165) is 19.8 Å². The van der Waals surface area contributed by atoms with Crippen LogP contribution in [0.1, 0.15) is 34.6 Å². The molecule has 1 rings (SSSR count). The first-order valence-electron chi connectivity index (χ1n) is 6.47. The molecule has 0 bridgehead atoms. The maximum absolute atomic E-state index is 10.1. The van der Waals surface area contributed by atoms with Gasteiger partial charge in [-0.15, -0.1) is 0 Å². The number of aliphatic hydroxyl groups excluding tert-OH is 1. The molecule has 0 aromatic rings. The van der Waals surface area contributed by atoms with Crippen molar-refractivity contribution < 1.29 is 9.84 Å². The lowest BCUT2D eigenvalue weighted by Gasteiger charge is -2.43. The van der Waals surface area contributed by atoms with Crippen molar-refractivity contribution in [1.29, 1.82) is 0 Å². The van der Waals surface area contributed by atoms with Crippen LogP contribution < -0.4 is 5.32 Å². The van der Waals surface area contributed by atoms with Crippen molar-refractivity contribution in [2.45, 2.75) is 51.8 Å². The summed E-state index contributed by atoms with van der Waals surface area (Å²) in [6, 6.07) is 0. The largest absolute Gasteiger partial charge is 0.390 e. The van der Waals surface area contributed by atoms with Crippen molar-refractivity contribution >= 4 is 0 Å². The lowest BCUT2D eigenvalue weighted by atomic mass is 10.0. The number of hydrogen-bond donors (Lipinski definition) is 2. The Kier molecular flexibility index (Phi) is 4.95. The Bertz CT molecular complexity index is 236. The lowest BCUT2D eigenvalue weighted by Crippen LogP contribution is -2.56. The highest BCUT2D eigenvalue weighted by Crippen LogP contribution is 2.18. The van der Waals surface area contributed by atoms with Crippen LogP contribution in [0.4, 0.5) is 0 Å². The number of aliphatic hydroxyl groups is 1. The van der Waals surface area contributed by atoms with Crippen molar-refractivity contribution in [3.8, 4) is 0 Å². The average molecular weight is 244 g/mol. The van der Waals surface area contributed by atoms with Crippen molar-refractivity contribution in [2.24, 2.45) is 0 Å². The van der Waals surface area contributed by atoms with Gasteiger partial charge in [0.1, 0.15) is 0 Å². The second kappa shape index (κ2) is 5.65. The van der Waals surface area contributed by atoms with Gasteiger partial charge < -0.3 is 15.2 Å². The van der Waals surface area contributed by atoms with E-state index in [0.29, 0.717) is 13.1 Å². The normalized spacial score (nSPS) is 23.6. The molecule has 1 aliphatic heterocycles. The molecule has 4 heteroatoms. The van der Waals surface area contributed by atoms with Crippen LogP contribution in [0.2, 0.25) is 0 Å². The van der Waals surface area contributed by atoms with Gasteiger partial charge in [0.2, 0.25) is 0 Å². The van der Waals surface area contributed by atoms with Crippen LogP contribution in [0, 0.1) is 0 Å². The Morgan fingerprint density at radius 3 is 2.59 bits per heavy atom. The van der Waals surface area contributed by atoms with E-state index in [1.54, 1.807) is 0 Å². The smallest absolute Gasteiger partial charge is 0.0791 e. The molecule has 0 radical (unpaired) electrons. The van der Waals surface area contributed by atoms with Gasteiger partial charge >= 0.3 is 0 Å². The van der Waals surface area contributed by atoms with Gasteiger partial charge in [-0.25, -0.2) is 0 Å². The third-order valence-corrected chi connectivity index (χ3v) is 3.12. The van der Waals surface area contributed by atoms with E-state index in [1.165, 1.54) is 0 Å². The number of rotatable bonds is 4. The number of nitrogens with zero attached hydrogens (tertiary/aromatic N) is 1. The molecule has 1 atom stereocenters. The molecule has 0 amide bonds. The summed E-state index contributed by atoms with van der Waals surface area (Å²) in [5, 5.41) is 13.4. The molecule has 0 aromatic heterocycles. The highest BCUT2D eigenvalue weighted by molar-refractivity contribution is 4.86. The van der Waals surface area contributed by atoms with E-state index in [-0.39, 0.29) is 17.2 Å². The van der Waals surface area contributed by atoms with Crippen LogP contribution in [0.5, 0.6) is 0 Å². The molecule has 1 unspecified atom stereocenters. The summed E-state index contributed by atoms with van der Waals surface area (Å²) in [4.78, 5) is 2.31. The molecule has 0 saturated carbocycles. The molecule has 1 fully saturated rings. The van der Waals surface area contributed by atoms with Crippen LogP contribution in [0.3, 0.4) is 0 Å². The van der Waals surface area contributed by atoms with Crippen LogP contribution in [0.25, 0.3) is 0 Å². The zero-order valence-electron chi connectivity index (χ0n) is 11.9. The van der Waals surface area contributed by atoms with Crippen LogP contribution in [0.15, 0.2) is 0 Å². The zero-order chi connectivity index (χ0) is 13.1. The monoisotopic (exact) mass is 244 g/mol. The van der Waals surface area contributed by atoms with Gasteiger partial charge in [-0.2, -0.15) is 0 Å². The maximum Gasteiger partial charge on any atom is 0.0791 e. The standard InChI is InChI=1S/C13H28N2O2/c1-12(2,3)14-8-11(16)9-15-6-7-17-10-13(15,4)5/h11,14,16H,6-10H2,1-5H3. The average Bonchev–Trinajstić information content (AvgIpc) is 2.17. The fourth-order valence-electron chi connectivity index (χ4n) is 1.97. The fourth-order valence-corrected chi connectivity index (χ4v) is 1.97. The summed E-state index contributed by atoms with van der Waals surface area (Å²) >= 11 is 0. The molecule has 0 aromatic carbocycles. The predicted octanol–water partition coefficient (Wildman–Crippen LogP) is 0.846. The second-order valence-electron chi connectivity index (χ2n) is 6.60. The molecule has 2 N–H and O–H groups in total. The van der Waals surface area contributed by atoms with E-state index in [4.69, 9.17) is 4.74 Å². The Balaban J connectivity index is 2.37. The van der Waals surface area contributed by atoms with Gasteiger partial charge in [-0.05, 0) is 34.6 Å². The summed E-state index contributed by atoms with van der Waals surface area (Å²) in [5.41, 5.74) is 0.0858. The van der Waals surface area contributed by atoms with E-state index < -0.39 is 0 Å². The minimum atomic E-state index is -0.327. The highest BCUT2D eigenvalue weighted by atomic mass is 16.5. The van der Waals surface area contributed by atoms with Crippen molar-refractivity contribution in [3.05, 3.63) is 0 Å². The van der Waals surface area contributed by atoms with Crippen molar-refractivity contribution in [1.82, 2.24) is 10.2 Å². The Hall–Kier alpha value is -0.160. The SMILES string of the molecule is CC(C)(C)NCC(O)CN1CCOCC1(C)C. The molecule has 17 heavy (non-hydrogen) atoms. The van der Waals surface area contributed by atoms with Crippen molar-refractivity contribution in [3.63, 3.8) is 0 Å². The minimum absolute atomic E-state index is 0.0287. The van der Waals surface area contributed by atoms with Gasteiger partial charge in [-0.1, -0.05) is 0 Å². The number of hydrogen-bond acceptors (Lipinski definition) is 4. The lowest BCUT2D eigenvalue weighted by molar-refractivity contribution is -0.0663. The van der Waals surface area contributed by atoms with Gasteiger partial charge in [0.25, 0.3) is 0 Å². The van der Waals surface area contributed by atoms with Gasteiger partial charge in [-0.3, -0.25) is 4.90 Å². The molecule has 102 valence electrons. The van der Waals surface area contributed by atoms with Gasteiger partial charge in [0, 0.05) is 30.7 Å². The first-order chi connectivity index (χ1) is 7.71. The number of β-amino-alcohol motifs (C(OH)–C–C–N with tert-alkyl or cyclic N) is 1. The third kappa shape index (κ3) is 5.34. The van der Waals surface area contributed by atoms with Crippen molar-refractivity contribution in [2.75, 3.05) is 32.8 Å². The Morgan fingerprint density at radius 2 is 2.06 bits per heavy atom. The van der Waals surface area contributed by atoms with Crippen LogP contribution in [-0.2, 0) is 4.74 Å². The quantitative estimate of drug-likeness (QED) is 0.769. The van der Waals surface area contributed by atoms with Crippen LogP contribution in [-0.4, -0.2) is 60.0 Å². The molecule has 1 heterocycles. The first kappa shape index (κ1) is 14.9. The third-order valence-electron chi connectivity index (χ3n) is 3.12. The Morgan fingerprint density at radius 1 is 1.41 bits per heavy atom. The second-order valence-corrected chi connectivity index (χ2v) is 6.60. The van der Waals surface area contributed by atoms with Gasteiger partial charge in [0.15, 0.2) is 0 Å². The van der Waals surface area contributed by atoms with E-state index in [2.05, 4.69) is 44.8 Å². The zero-order valence-corrected chi connectivity index (χ0v) is 11.9. The highest BCUT2D eigenvalue weighted by Gasteiger charge is 2.31. The number of nitrogens with one attached hydrogen (secondary N) is 1. The Labute approximate surface area is 105 Å². The summed E-state index contributed by atoms with van der Waals surface area (Å²) in [5.74, 6) is 0. The molecule has 0 aliphatic carbocycles.